The topological polar surface area (TPSA) is 38.3 Å². The summed E-state index contributed by atoms with van der Waals surface area (Å²) in [5, 5.41) is 3.64. The molecule has 1 fully saturated rings. The van der Waals surface area contributed by atoms with Gasteiger partial charge in [0, 0.05) is 14.6 Å². The minimum absolute atomic E-state index is 0.138. The van der Waals surface area contributed by atoms with Crippen molar-refractivity contribution in [2.45, 2.75) is 41.4 Å². The van der Waals surface area contributed by atoms with Gasteiger partial charge in [0.2, 0.25) is 0 Å². The van der Waals surface area contributed by atoms with Crippen LogP contribution < -0.4 is 5.32 Å². The van der Waals surface area contributed by atoms with Gasteiger partial charge in [-0.05, 0) is 57.0 Å². The molecule has 5 heteroatoms. The van der Waals surface area contributed by atoms with Crippen molar-refractivity contribution < 1.29 is 9.53 Å². The van der Waals surface area contributed by atoms with Crippen molar-refractivity contribution >= 4 is 33.7 Å². The van der Waals surface area contributed by atoms with Crippen LogP contribution in [0.25, 0.3) is 0 Å². The lowest BCUT2D eigenvalue weighted by Gasteiger charge is -2.38. The van der Waals surface area contributed by atoms with Crippen molar-refractivity contribution in [1.82, 2.24) is 5.32 Å². The molecule has 0 bridgehead atoms. The van der Waals surface area contributed by atoms with Gasteiger partial charge >= 0.3 is 5.97 Å². The third-order valence-electron chi connectivity index (χ3n) is 3.88. The van der Waals surface area contributed by atoms with E-state index in [1.165, 1.54) is 12.0 Å². The molecule has 0 spiro atoms. The van der Waals surface area contributed by atoms with Crippen LogP contribution in [0.4, 0.5) is 0 Å². The summed E-state index contributed by atoms with van der Waals surface area (Å²) in [5.41, 5.74) is -0.514. The zero-order chi connectivity index (χ0) is 14.6. The molecule has 20 heavy (non-hydrogen) atoms. The minimum Gasteiger partial charge on any atom is -0.468 e. The predicted molar refractivity (Wildman–Crippen MR) is 86.1 cm³/mol. The van der Waals surface area contributed by atoms with Gasteiger partial charge in [0.25, 0.3) is 0 Å². The normalized spacial score (nSPS) is 26.2. The Morgan fingerprint density at radius 3 is 2.75 bits per heavy atom. The first-order valence-electron chi connectivity index (χ1n) is 6.79. The molecular weight excluding hydrogens is 338 g/mol. The van der Waals surface area contributed by atoms with Gasteiger partial charge in [-0.2, -0.15) is 0 Å². The molecule has 1 aliphatic carbocycles. The Balaban J connectivity index is 2.06. The maximum atomic E-state index is 12.1. The van der Waals surface area contributed by atoms with Crippen molar-refractivity contribution in [3.63, 3.8) is 0 Å². The van der Waals surface area contributed by atoms with Crippen molar-refractivity contribution in [3.8, 4) is 0 Å². The number of carbonyl (C=O) groups is 1. The molecule has 0 saturated heterocycles. The van der Waals surface area contributed by atoms with E-state index < -0.39 is 5.54 Å². The fourth-order valence-corrected chi connectivity index (χ4v) is 4.34. The Hall–Kier alpha value is -0.520. The summed E-state index contributed by atoms with van der Waals surface area (Å²) in [6.45, 7) is 0. The Labute approximate surface area is 133 Å². The highest BCUT2D eigenvalue weighted by Gasteiger charge is 2.42. The van der Waals surface area contributed by atoms with Gasteiger partial charge in [-0.3, -0.25) is 4.79 Å². The van der Waals surface area contributed by atoms with E-state index in [1.807, 2.05) is 18.8 Å². The van der Waals surface area contributed by atoms with Crippen LogP contribution in [0.1, 0.15) is 25.7 Å². The zero-order valence-corrected chi connectivity index (χ0v) is 14.2. The lowest BCUT2D eigenvalue weighted by molar-refractivity contribution is -0.149. The summed E-state index contributed by atoms with van der Waals surface area (Å²) in [4.78, 5) is 13.3. The van der Waals surface area contributed by atoms with E-state index in [1.54, 1.807) is 0 Å². The molecular formula is C15H20BrNO2S. The SMILES string of the molecule is CNC1(C(=O)OC)CCCC(Sc2ccc(Br)cc2)C1. The summed E-state index contributed by atoms with van der Waals surface area (Å²) >= 11 is 5.30. The van der Waals surface area contributed by atoms with Gasteiger partial charge < -0.3 is 10.1 Å². The van der Waals surface area contributed by atoms with Crippen molar-refractivity contribution in [1.29, 1.82) is 0 Å². The predicted octanol–water partition coefficient (Wildman–Crippen LogP) is 3.62. The van der Waals surface area contributed by atoms with Crippen molar-refractivity contribution in [2.24, 2.45) is 0 Å². The van der Waals surface area contributed by atoms with Gasteiger partial charge in [-0.25, -0.2) is 0 Å². The lowest BCUT2D eigenvalue weighted by atomic mass is 9.81. The number of ether oxygens (including phenoxy) is 1. The first kappa shape index (κ1) is 15.9. The Bertz CT molecular complexity index is 465. The van der Waals surface area contributed by atoms with E-state index in [0.717, 1.165) is 30.2 Å². The number of hydrogen-bond donors (Lipinski definition) is 1. The van der Waals surface area contributed by atoms with Crippen LogP contribution in [-0.4, -0.2) is 30.9 Å². The molecule has 2 unspecified atom stereocenters. The molecule has 0 radical (unpaired) electrons. The third kappa shape index (κ3) is 3.57. The smallest absolute Gasteiger partial charge is 0.326 e. The second kappa shape index (κ2) is 6.96. The Morgan fingerprint density at radius 1 is 1.45 bits per heavy atom. The number of likely N-dealkylation sites (N-methyl/N-ethyl adjacent to an activating group) is 1. The Morgan fingerprint density at radius 2 is 2.15 bits per heavy atom. The summed E-state index contributed by atoms with van der Waals surface area (Å²) in [5.74, 6) is -0.138. The highest BCUT2D eigenvalue weighted by atomic mass is 79.9. The molecule has 1 aromatic rings. The fourth-order valence-electron chi connectivity index (χ4n) is 2.74. The molecule has 2 rings (SSSR count). The number of hydrogen-bond acceptors (Lipinski definition) is 4. The van der Waals surface area contributed by atoms with E-state index >= 15 is 0 Å². The molecule has 1 saturated carbocycles. The molecule has 0 heterocycles. The van der Waals surface area contributed by atoms with Crippen LogP contribution in [0.3, 0.4) is 0 Å². The molecule has 110 valence electrons. The monoisotopic (exact) mass is 357 g/mol. The fraction of sp³-hybridized carbons (Fsp3) is 0.533. The van der Waals surface area contributed by atoms with Crippen molar-refractivity contribution in [2.75, 3.05) is 14.2 Å². The number of thioether (sulfide) groups is 1. The molecule has 0 amide bonds. The summed E-state index contributed by atoms with van der Waals surface area (Å²) in [6.07, 6.45) is 3.86. The number of nitrogens with one attached hydrogen (secondary N) is 1. The Kier molecular flexibility index (Phi) is 5.52. The average molecular weight is 358 g/mol. The van der Waals surface area contributed by atoms with Crippen LogP contribution in [-0.2, 0) is 9.53 Å². The van der Waals surface area contributed by atoms with Gasteiger partial charge in [-0.1, -0.05) is 15.9 Å². The molecule has 0 aromatic heterocycles. The number of rotatable bonds is 4. The van der Waals surface area contributed by atoms with Gasteiger partial charge in [0.15, 0.2) is 0 Å². The van der Waals surface area contributed by atoms with Gasteiger partial charge in [0.1, 0.15) is 5.54 Å². The van der Waals surface area contributed by atoms with Gasteiger partial charge in [0.05, 0.1) is 7.11 Å². The van der Waals surface area contributed by atoms with Crippen LogP contribution in [0.2, 0.25) is 0 Å². The molecule has 3 nitrogen and oxygen atoms in total. The van der Waals surface area contributed by atoms with Gasteiger partial charge in [-0.15, -0.1) is 11.8 Å². The van der Waals surface area contributed by atoms with E-state index in [0.29, 0.717) is 5.25 Å². The standard InChI is InChI=1S/C15H20BrNO2S/c1-17-15(14(18)19-2)9-3-4-13(10-15)20-12-7-5-11(16)6-8-12/h5-8,13,17H,3-4,9-10H2,1-2H3. The van der Waals surface area contributed by atoms with Crippen LogP contribution in [0.15, 0.2) is 33.6 Å². The van der Waals surface area contributed by atoms with Crippen LogP contribution in [0, 0.1) is 0 Å². The highest BCUT2D eigenvalue weighted by Crippen LogP contribution is 2.39. The van der Waals surface area contributed by atoms with Crippen LogP contribution >= 0.6 is 27.7 Å². The van der Waals surface area contributed by atoms with E-state index in [4.69, 9.17) is 4.74 Å². The lowest BCUT2D eigenvalue weighted by Crippen LogP contribution is -2.54. The first-order valence-corrected chi connectivity index (χ1v) is 8.46. The van der Waals surface area contributed by atoms with Crippen LogP contribution in [0.5, 0.6) is 0 Å². The molecule has 1 N–H and O–H groups in total. The average Bonchev–Trinajstić information content (AvgIpc) is 2.49. The molecule has 2 atom stereocenters. The molecule has 1 aliphatic rings. The first-order chi connectivity index (χ1) is 9.59. The minimum atomic E-state index is -0.514. The second-order valence-electron chi connectivity index (χ2n) is 5.11. The largest absolute Gasteiger partial charge is 0.468 e. The third-order valence-corrected chi connectivity index (χ3v) is 5.69. The van der Waals surface area contributed by atoms with Crippen molar-refractivity contribution in [3.05, 3.63) is 28.7 Å². The maximum Gasteiger partial charge on any atom is 0.326 e. The molecule has 0 aliphatic heterocycles. The highest BCUT2D eigenvalue weighted by molar-refractivity contribution is 9.10. The zero-order valence-electron chi connectivity index (χ0n) is 11.8. The maximum absolute atomic E-state index is 12.1. The van der Waals surface area contributed by atoms with E-state index in [2.05, 4.69) is 45.5 Å². The van der Waals surface area contributed by atoms with E-state index in [9.17, 15) is 4.79 Å². The molecule has 1 aromatic carbocycles. The number of halogens is 1. The van der Waals surface area contributed by atoms with E-state index in [-0.39, 0.29) is 5.97 Å². The summed E-state index contributed by atoms with van der Waals surface area (Å²) in [6, 6.07) is 8.33. The number of methoxy groups -OCH3 is 1. The second-order valence-corrected chi connectivity index (χ2v) is 7.40. The number of esters is 1. The number of carbonyl (C=O) groups excluding carboxylic acids is 1. The summed E-state index contributed by atoms with van der Waals surface area (Å²) in [7, 11) is 3.32. The summed E-state index contributed by atoms with van der Waals surface area (Å²) < 4.78 is 6.07. The number of benzene rings is 1. The quantitative estimate of drug-likeness (QED) is 0.835.